The molecular formula is C51H70O14S4. The van der Waals surface area contributed by atoms with Crippen LogP contribution in [-0.2, 0) is 69.5 Å². The lowest BCUT2D eigenvalue weighted by Crippen LogP contribution is -2.55. The predicted octanol–water partition coefficient (Wildman–Crippen LogP) is 9.94. The van der Waals surface area contributed by atoms with Crippen molar-refractivity contribution in [3.05, 3.63) is 65.2 Å². The second-order valence-corrected chi connectivity index (χ2v) is 22.6. The van der Waals surface area contributed by atoms with Crippen molar-refractivity contribution < 1.29 is 66.7 Å². The highest BCUT2D eigenvalue weighted by Gasteiger charge is 2.47. The topological polar surface area (TPSA) is 176 Å². The van der Waals surface area contributed by atoms with E-state index in [-0.39, 0.29) is 55.7 Å². The van der Waals surface area contributed by atoms with Crippen LogP contribution in [0.15, 0.2) is 48.5 Å². The third-order valence-corrected chi connectivity index (χ3v) is 16.1. The number of esters is 5. The zero-order chi connectivity index (χ0) is 50.7. The Kier molecular flexibility index (Phi) is 24.5. The Bertz CT molecular complexity index is 2020. The number of rotatable bonds is 25. The zero-order valence-corrected chi connectivity index (χ0v) is 44.6. The van der Waals surface area contributed by atoms with Gasteiger partial charge in [-0.05, 0) is 91.8 Å². The van der Waals surface area contributed by atoms with Crippen molar-refractivity contribution in [1.82, 2.24) is 0 Å². The molecule has 0 aliphatic carbocycles. The lowest BCUT2D eigenvalue weighted by molar-refractivity contribution is -0.345. The largest absolute Gasteiger partial charge is 0.465 e. The molecule has 0 saturated carbocycles. The second-order valence-electron chi connectivity index (χ2n) is 18.1. The molecule has 0 spiro atoms. The van der Waals surface area contributed by atoms with E-state index < -0.39 is 72.1 Å². The second kappa shape index (κ2) is 29.1. The molecule has 0 bridgehead atoms. The summed E-state index contributed by atoms with van der Waals surface area (Å²) >= 11 is 10.2. The molecule has 2 fully saturated rings. The fourth-order valence-corrected chi connectivity index (χ4v) is 11.6. The first-order valence-corrected chi connectivity index (χ1v) is 27.3. The van der Waals surface area contributed by atoms with Gasteiger partial charge in [0.25, 0.3) is 0 Å². The van der Waals surface area contributed by atoms with Crippen LogP contribution in [0.3, 0.4) is 0 Å². The average Bonchev–Trinajstić information content (AvgIpc) is 3.30. The van der Waals surface area contributed by atoms with E-state index in [1.54, 1.807) is 49.1 Å². The minimum absolute atomic E-state index is 0.0102. The fourth-order valence-electron chi connectivity index (χ4n) is 8.34. The van der Waals surface area contributed by atoms with E-state index in [9.17, 15) is 28.8 Å². The van der Waals surface area contributed by atoms with E-state index >= 15 is 0 Å². The van der Waals surface area contributed by atoms with Crippen molar-refractivity contribution in [2.24, 2.45) is 29.1 Å². The highest BCUT2D eigenvalue weighted by molar-refractivity contribution is 8.46. The molecule has 0 radical (unpaired) electrons. The van der Waals surface area contributed by atoms with Crippen LogP contribution < -0.4 is 4.74 Å². The predicted molar refractivity (Wildman–Crippen MR) is 272 cm³/mol. The van der Waals surface area contributed by atoms with Crippen LogP contribution in [0.25, 0.3) is 0 Å². The highest BCUT2D eigenvalue weighted by atomic mass is 32.2. The van der Waals surface area contributed by atoms with Gasteiger partial charge in [-0.3, -0.25) is 28.8 Å². The molecule has 0 amide bonds. The molecule has 69 heavy (non-hydrogen) atoms. The van der Waals surface area contributed by atoms with Gasteiger partial charge in [0.1, 0.15) is 34.4 Å². The molecule has 4 rings (SSSR count). The van der Waals surface area contributed by atoms with Gasteiger partial charge in [0.2, 0.25) is 0 Å². The van der Waals surface area contributed by atoms with Crippen molar-refractivity contribution in [3.63, 3.8) is 0 Å². The SMILES string of the molecule is CCSC(=S)SCc1ccccc1COC(=O)CC(C)(CC(C)C(=O)Oc1ccc(C=O)cc1)C(=O)OCCCCSC[C@H]1O[C@H](O[C@H]2O[C@H](CC)[C@@H](C)C[C@H]2OC(C)=O)[C@H](C)[C@@H](C)[C@@H]1OC(C)=O. The van der Waals surface area contributed by atoms with Crippen LogP contribution in [0.1, 0.15) is 122 Å². The summed E-state index contributed by atoms with van der Waals surface area (Å²) in [5.74, 6) is -0.810. The molecule has 18 heteroatoms. The summed E-state index contributed by atoms with van der Waals surface area (Å²) in [7, 11) is 0. The van der Waals surface area contributed by atoms with Crippen LogP contribution in [0.4, 0.5) is 0 Å². The molecule has 2 aliphatic heterocycles. The number of hydrogen-bond acceptors (Lipinski definition) is 18. The molecule has 14 nitrogen and oxygen atoms in total. The van der Waals surface area contributed by atoms with Crippen LogP contribution in [-0.4, -0.2) is 101 Å². The molecule has 382 valence electrons. The minimum Gasteiger partial charge on any atom is -0.465 e. The van der Waals surface area contributed by atoms with Gasteiger partial charge in [-0.2, -0.15) is 11.8 Å². The number of thiocarbonyl (C=S) groups is 1. The van der Waals surface area contributed by atoms with E-state index in [1.165, 1.54) is 38.1 Å². The maximum absolute atomic E-state index is 14.0. The number of carbonyl (C=O) groups is 6. The lowest BCUT2D eigenvalue weighted by atomic mass is 9.78. The molecule has 2 saturated heterocycles. The maximum atomic E-state index is 14.0. The molecule has 0 aromatic heterocycles. The number of thioether (sulfide) groups is 3. The molecule has 2 heterocycles. The summed E-state index contributed by atoms with van der Waals surface area (Å²) in [6.07, 6.45) is -0.430. The summed E-state index contributed by atoms with van der Waals surface area (Å²) in [6, 6.07) is 13.7. The minimum atomic E-state index is -1.45. The number of ether oxygens (including phenoxy) is 8. The molecule has 2 aromatic rings. The summed E-state index contributed by atoms with van der Waals surface area (Å²) in [4.78, 5) is 76.1. The Morgan fingerprint density at radius 1 is 0.870 bits per heavy atom. The van der Waals surface area contributed by atoms with E-state index in [2.05, 4.69) is 6.92 Å². The Labute approximate surface area is 425 Å². The third-order valence-electron chi connectivity index (χ3n) is 12.3. The van der Waals surface area contributed by atoms with Gasteiger partial charge in [0, 0.05) is 42.8 Å². The summed E-state index contributed by atoms with van der Waals surface area (Å²) in [5.41, 5.74) is 0.774. The standard InChI is InChI=1S/C51H70O14S4/c1-10-41-31(3)24-42(60-35(7)53)48(63-41)65-47-34(6)33(5)45(61-36(8)54)43(64-47)30-67-23-15-14-22-58-49(57)51(9,25-32(4)46(56)62-40-20-18-37(27-52)19-21-40)26-44(55)59-28-38-16-12-13-17-39(38)29-69-50(66)68-11-2/h12-13,16-21,27,31-34,41-43,45,47-48H,10-11,14-15,22-26,28-30H2,1-9H3/t31-,32?,33+,34+,41+,42+,43+,45-,47+,48+,51?/m0/s1. The maximum Gasteiger partial charge on any atom is 0.314 e. The number of unbranched alkanes of at least 4 members (excludes halogenated alkanes) is 1. The van der Waals surface area contributed by atoms with Crippen molar-refractivity contribution in [2.75, 3.05) is 23.9 Å². The number of aldehydes is 1. The lowest BCUT2D eigenvalue weighted by Gasteiger charge is -2.46. The summed E-state index contributed by atoms with van der Waals surface area (Å²) < 4.78 is 48.7. The molecular weight excluding hydrogens is 965 g/mol. The van der Waals surface area contributed by atoms with E-state index in [0.717, 1.165) is 26.8 Å². The van der Waals surface area contributed by atoms with Gasteiger partial charge in [-0.25, -0.2) is 0 Å². The molecule has 0 N–H and O–H groups in total. The van der Waals surface area contributed by atoms with Gasteiger partial charge in [0.05, 0.1) is 30.5 Å². The third kappa shape index (κ3) is 18.6. The number of hydrogen-bond donors (Lipinski definition) is 0. The van der Waals surface area contributed by atoms with Crippen molar-refractivity contribution >= 4 is 87.2 Å². The van der Waals surface area contributed by atoms with Gasteiger partial charge in [-0.15, -0.1) is 23.5 Å². The van der Waals surface area contributed by atoms with Crippen molar-refractivity contribution in [2.45, 2.75) is 150 Å². The normalized spacial score (nSPS) is 24.7. The fraction of sp³-hybridized carbons (Fsp3) is 0.627. The first-order valence-electron chi connectivity index (χ1n) is 23.7. The smallest absolute Gasteiger partial charge is 0.314 e. The van der Waals surface area contributed by atoms with E-state index in [1.807, 2.05) is 52.0 Å². The first kappa shape index (κ1) is 58.1. The van der Waals surface area contributed by atoms with Crippen LogP contribution >= 0.6 is 47.5 Å². The van der Waals surface area contributed by atoms with Crippen LogP contribution in [0.2, 0.25) is 0 Å². The average molecular weight is 1040 g/mol. The zero-order valence-electron chi connectivity index (χ0n) is 41.3. The van der Waals surface area contributed by atoms with E-state index in [0.29, 0.717) is 48.4 Å². The quantitative estimate of drug-likeness (QED) is 0.0229. The Morgan fingerprint density at radius 3 is 2.20 bits per heavy atom. The Hall–Kier alpha value is -3.52. The summed E-state index contributed by atoms with van der Waals surface area (Å²) in [6.45, 7) is 16.1. The molecule has 2 unspecified atom stereocenters. The summed E-state index contributed by atoms with van der Waals surface area (Å²) in [5, 5.41) is 0. The van der Waals surface area contributed by atoms with Gasteiger partial charge in [0.15, 0.2) is 18.7 Å². The molecule has 2 aliphatic rings. The van der Waals surface area contributed by atoms with Gasteiger partial charge < -0.3 is 37.9 Å². The Morgan fingerprint density at radius 2 is 1.55 bits per heavy atom. The van der Waals surface area contributed by atoms with Crippen molar-refractivity contribution in [1.29, 1.82) is 0 Å². The molecule has 2 aromatic carbocycles. The number of benzene rings is 2. The molecule has 11 atom stereocenters. The Balaban J connectivity index is 1.36. The first-order chi connectivity index (χ1) is 32.9. The monoisotopic (exact) mass is 1030 g/mol. The number of carbonyl (C=O) groups excluding carboxylic acids is 6. The van der Waals surface area contributed by atoms with Crippen LogP contribution in [0.5, 0.6) is 5.75 Å². The van der Waals surface area contributed by atoms with Crippen molar-refractivity contribution in [3.8, 4) is 5.75 Å². The van der Waals surface area contributed by atoms with Gasteiger partial charge >= 0.3 is 29.8 Å². The van der Waals surface area contributed by atoms with Crippen LogP contribution in [0, 0.1) is 29.1 Å². The van der Waals surface area contributed by atoms with Gasteiger partial charge in [-0.1, -0.05) is 78.0 Å². The highest BCUT2D eigenvalue weighted by Crippen LogP contribution is 2.39. The van der Waals surface area contributed by atoms with E-state index in [4.69, 9.17) is 50.1 Å².